The van der Waals surface area contributed by atoms with Gasteiger partial charge in [-0.1, -0.05) is 24.3 Å². The third-order valence-electron chi connectivity index (χ3n) is 5.18. The summed E-state index contributed by atoms with van der Waals surface area (Å²) in [6.07, 6.45) is 3.83. The number of hydrogen-bond acceptors (Lipinski definition) is 6. The molecule has 2 aliphatic rings. The van der Waals surface area contributed by atoms with Crippen molar-refractivity contribution in [2.45, 2.75) is 18.7 Å². The summed E-state index contributed by atoms with van der Waals surface area (Å²) in [5.74, 6) is 1.72. The van der Waals surface area contributed by atoms with E-state index in [1.165, 1.54) is 0 Å². The molecule has 2 aromatic carbocycles. The summed E-state index contributed by atoms with van der Waals surface area (Å²) >= 11 is 0. The van der Waals surface area contributed by atoms with Crippen molar-refractivity contribution in [1.82, 2.24) is 9.99 Å². The predicted octanol–water partition coefficient (Wildman–Crippen LogP) is 4.04. The van der Waals surface area contributed by atoms with Crippen LogP contribution in [0.1, 0.15) is 35.4 Å². The molecule has 140 valence electrons. The van der Waals surface area contributed by atoms with Gasteiger partial charge in [0.2, 0.25) is 6.23 Å². The van der Waals surface area contributed by atoms with Gasteiger partial charge in [0.15, 0.2) is 0 Å². The number of phenolic OH excluding ortho intramolecular Hbond substituents is 1. The third-order valence-corrected chi connectivity index (χ3v) is 5.18. The molecular weight excluding hydrogens is 354 g/mol. The lowest BCUT2D eigenvalue weighted by molar-refractivity contribution is -0.0192. The summed E-state index contributed by atoms with van der Waals surface area (Å²) < 4.78 is 11.6. The van der Waals surface area contributed by atoms with E-state index in [-0.39, 0.29) is 18.0 Å². The van der Waals surface area contributed by atoms with Crippen molar-refractivity contribution in [1.29, 1.82) is 0 Å². The summed E-state index contributed by atoms with van der Waals surface area (Å²) in [4.78, 5) is 4.23. The second-order valence-corrected chi connectivity index (χ2v) is 6.82. The minimum atomic E-state index is -0.376. The lowest BCUT2D eigenvalue weighted by Crippen LogP contribution is -2.33. The number of benzene rings is 2. The van der Waals surface area contributed by atoms with Crippen molar-refractivity contribution in [3.8, 4) is 17.2 Å². The Morgan fingerprint density at radius 2 is 2.04 bits per heavy atom. The van der Waals surface area contributed by atoms with Gasteiger partial charge in [-0.05, 0) is 30.3 Å². The van der Waals surface area contributed by atoms with Gasteiger partial charge in [0, 0.05) is 35.5 Å². The maximum atomic E-state index is 10.4. The second kappa shape index (κ2) is 6.56. The second-order valence-electron chi connectivity index (χ2n) is 6.82. The van der Waals surface area contributed by atoms with E-state index in [0.29, 0.717) is 17.7 Å². The number of fused-ring (bicyclic) bond motifs is 3. The Labute approximate surface area is 162 Å². The normalized spacial score (nSPS) is 20.0. The van der Waals surface area contributed by atoms with Gasteiger partial charge in [0.25, 0.3) is 0 Å². The van der Waals surface area contributed by atoms with E-state index in [1.54, 1.807) is 31.6 Å². The molecule has 28 heavy (non-hydrogen) atoms. The van der Waals surface area contributed by atoms with Crippen LogP contribution in [-0.2, 0) is 0 Å². The maximum Gasteiger partial charge on any atom is 0.215 e. The molecule has 0 spiro atoms. The number of phenols is 1. The van der Waals surface area contributed by atoms with E-state index < -0.39 is 0 Å². The van der Waals surface area contributed by atoms with Crippen molar-refractivity contribution in [3.05, 3.63) is 83.7 Å². The highest BCUT2D eigenvalue weighted by molar-refractivity contribution is 6.04. The highest BCUT2D eigenvalue weighted by Gasteiger charge is 2.41. The lowest BCUT2D eigenvalue weighted by atomic mass is 9.95. The predicted molar refractivity (Wildman–Crippen MR) is 104 cm³/mol. The van der Waals surface area contributed by atoms with Crippen LogP contribution in [0.25, 0.3) is 0 Å². The molecule has 1 N–H and O–H groups in total. The number of methoxy groups -OCH3 is 1. The summed E-state index contributed by atoms with van der Waals surface area (Å²) in [5.41, 5.74) is 3.50. The molecule has 2 aliphatic heterocycles. The van der Waals surface area contributed by atoms with Gasteiger partial charge in [-0.3, -0.25) is 4.98 Å². The van der Waals surface area contributed by atoms with Gasteiger partial charge in [-0.25, -0.2) is 5.01 Å². The Kier molecular flexibility index (Phi) is 3.90. The van der Waals surface area contributed by atoms with E-state index in [9.17, 15) is 5.11 Å². The van der Waals surface area contributed by atoms with Crippen LogP contribution >= 0.6 is 0 Å². The van der Waals surface area contributed by atoms with E-state index in [0.717, 1.165) is 22.6 Å². The average molecular weight is 373 g/mol. The molecule has 0 fully saturated rings. The molecule has 2 atom stereocenters. The number of hydrazone groups is 1. The first kappa shape index (κ1) is 16.6. The zero-order valence-corrected chi connectivity index (χ0v) is 15.3. The number of ether oxygens (including phenoxy) is 2. The molecular formula is C22H19N3O3. The van der Waals surface area contributed by atoms with E-state index in [4.69, 9.17) is 14.6 Å². The highest BCUT2D eigenvalue weighted by atomic mass is 16.5. The average Bonchev–Trinajstić information content (AvgIpc) is 3.19. The number of aromatic hydroxyl groups is 1. The Morgan fingerprint density at radius 1 is 1.14 bits per heavy atom. The topological polar surface area (TPSA) is 67.2 Å². The summed E-state index contributed by atoms with van der Waals surface area (Å²) in [6, 6.07) is 17.1. The smallest absolute Gasteiger partial charge is 0.215 e. The molecule has 2 unspecified atom stereocenters. The van der Waals surface area contributed by atoms with Crippen LogP contribution in [0.4, 0.5) is 0 Å². The maximum absolute atomic E-state index is 10.4. The van der Waals surface area contributed by atoms with Gasteiger partial charge in [-0.15, -0.1) is 0 Å². The lowest BCUT2D eigenvalue weighted by Gasteiger charge is -2.38. The van der Waals surface area contributed by atoms with E-state index >= 15 is 0 Å². The van der Waals surface area contributed by atoms with E-state index in [1.807, 2.05) is 41.4 Å². The Hall–Kier alpha value is -3.54. The number of pyridine rings is 1. The van der Waals surface area contributed by atoms with Gasteiger partial charge >= 0.3 is 0 Å². The van der Waals surface area contributed by atoms with Crippen molar-refractivity contribution in [2.75, 3.05) is 7.11 Å². The molecule has 0 amide bonds. The van der Waals surface area contributed by atoms with Crippen molar-refractivity contribution in [2.24, 2.45) is 5.10 Å². The highest BCUT2D eigenvalue weighted by Crippen LogP contribution is 2.47. The Morgan fingerprint density at radius 3 is 2.86 bits per heavy atom. The van der Waals surface area contributed by atoms with Crippen molar-refractivity contribution >= 4 is 5.71 Å². The molecule has 0 saturated heterocycles. The van der Waals surface area contributed by atoms with Crippen LogP contribution in [0.3, 0.4) is 0 Å². The zero-order chi connectivity index (χ0) is 19.1. The Balaban J connectivity index is 1.61. The molecule has 1 aromatic heterocycles. The molecule has 5 rings (SSSR count). The fourth-order valence-corrected chi connectivity index (χ4v) is 3.81. The monoisotopic (exact) mass is 373 g/mol. The number of para-hydroxylation sites is 1. The number of hydrogen-bond donors (Lipinski definition) is 1. The first-order chi connectivity index (χ1) is 13.7. The summed E-state index contributed by atoms with van der Waals surface area (Å²) in [7, 11) is 1.61. The molecule has 0 bridgehead atoms. The van der Waals surface area contributed by atoms with Gasteiger partial charge in [0.1, 0.15) is 17.2 Å². The zero-order valence-electron chi connectivity index (χ0n) is 15.3. The standard InChI is InChI=1S/C22H19N3O3/c1-27-15-8-9-20(26)17(11-15)18-12-19-16-6-2-3-7-21(16)28-22(25(19)24-18)14-5-4-10-23-13-14/h2-11,13,19,22,26H,12H2,1H3. The fraction of sp³-hybridized carbons (Fsp3) is 0.182. The number of rotatable bonds is 3. The molecule has 3 aromatic rings. The summed E-state index contributed by atoms with van der Waals surface area (Å²) in [5, 5.41) is 17.2. The molecule has 0 radical (unpaired) electrons. The van der Waals surface area contributed by atoms with Gasteiger partial charge in [0.05, 0.1) is 18.9 Å². The molecule has 0 saturated carbocycles. The van der Waals surface area contributed by atoms with Crippen molar-refractivity contribution < 1.29 is 14.6 Å². The molecule has 6 heteroatoms. The summed E-state index contributed by atoms with van der Waals surface area (Å²) in [6.45, 7) is 0. The number of nitrogens with zero attached hydrogens (tertiary/aromatic N) is 3. The SMILES string of the molecule is COc1ccc(O)c(C2=NN3C(C2)c2ccccc2OC3c2cccnc2)c1. The molecule has 0 aliphatic carbocycles. The fourth-order valence-electron chi connectivity index (χ4n) is 3.81. The van der Waals surface area contributed by atoms with E-state index in [2.05, 4.69) is 11.1 Å². The molecule has 6 nitrogen and oxygen atoms in total. The van der Waals surface area contributed by atoms with Crippen molar-refractivity contribution in [3.63, 3.8) is 0 Å². The van der Waals surface area contributed by atoms with Crippen LogP contribution in [0.15, 0.2) is 72.1 Å². The van der Waals surface area contributed by atoms with Crippen LogP contribution in [0.5, 0.6) is 17.2 Å². The first-order valence-corrected chi connectivity index (χ1v) is 9.13. The van der Waals surface area contributed by atoms with Gasteiger partial charge < -0.3 is 14.6 Å². The van der Waals surface area contributed by atoms with Crippen LogP contribution < -0.4 is 9.47 Å². The Bertz CT molecular complexity index is 1050. The minimum absolute atomic E-state index is 0.0238. The van der Waals surface area contributed by atoms with Crippen LogP contribution in [0, 0.1) is 0 Å². The largest absolute Gasteiger partial charge is 0.507 e. The first-order valence-electron chi connectivity index (χ1n) is 9.13. The number of aromatic nitrogens is 1. The van der Waals surface area contributed by atoms with Crippen LogP contribution in [-0.4, -0.2) is 27.9 Å². The quantitative estimate of drug-likeness (QED) is 0.751. The van der Waals surface area contributed by atoms with Crippen LogP contribution in [0.2, 0.25) is 0 Å². The third kappa shape index (κ3) is 2.65. The van der Waals surface area contributed by atoms with Gasteiger partial charge in [-0.2, -0.15) is 5.10 Å². The minimum Gasteiger partial charge on any atom is -0.507 e. The molecule has 3 heterocycles.